The molecule has 0 aromatic carbocycles. The van der Waals surface area contributed by atoms with Crippen LogP contribution in [0, 0.1) is 0 Å². The number of amides is 1. The highest BCUT2D eigenvalue weighted by Crippen LogP contribution is 1.95. The molecule has 18 heavy (non-hydrogen) atoms. The fraction of sp³-hybridized carbons (Fsp3) is 0.923. The van der Waals surface area contributed by atoms with Gasteiger partial charge in [-0.1, -0.05) is 20.8 Å². The molecule has 5 nitrogen and oxygen atoms in total. The van der Waals surface area contributed by atoms with Crippen LogP contribution in [0.25, 0.3) is 0 Å². The second kappa shape index (κ2) is 14.4. The van der Waals surface area contributed by atoms with E-state index in [0.717, 1.165) is 13.1 Å². The molecule has 1 N–H and O–H groups in total. The highest BCUT2D eigenvalue weighted by atomic mass is 16.5. The van der Waals surface area contributed by atoms with Crippen molar-refractivity contribution in [3.8, 4) is 0 Å². The number of hydrogen-bond acceptors (Lipinski definition) is 4. The van der Waals surface area contributed by atoms with Crippen LogP contribution in [0.3, 0.4) is 0 Å². The normalized spacial score (nSPS) is 9.94. The molecule has 5 heteroatoms. The minimum atomic E-state index is 0.0272. The van der Waals surface area contributed by atoms with E-state index in [4.69, 9.17) is 9.84 Å². The van der Waals surface area contributed by atoms with E-state index in [1.165, 1.54) is 0 Å². The van der Waals surface area contributed by atoms with Crippen molar-refractivity contribution in [3.05, 3.63) is 0 Å². The van der Waals surface area contributed by atoms with Gasteiger partial charge < -0.3 is 19.6 Å². The maximum atomic E-state index is 11.6. The molecule has 0 aliphatic carbocycles. The van der Waals surface area contributed by atoms with Gasteiger partial charge in [0.2, 0.25) is 5.91 Å². The minimum absolute atomic E-state index is 0.0272. The van der Waals surface area contributed by atoms with Crippen LogP contribution in [0.5, 0.6) is 0 Å². The van der Waals surface area contributed by atoms with Crippen LogP contribution in [0.2, 0.25) is 0 Å². The average molecular weight is 262 g/mol. The molecule has 0 saturated carbocycles. The SMILES string of the molecule is CC.CCC(=O)N(CCOCCO)CCN(C)C. The number of nitrogens with zero attached hydrogens (tertiary/aromatic N) is 2. The molecule has 0 heterocycles. The Labute approximate surface area is 112 Å². The summed E-state index contributed by atoms with van der Waals surface area (Å²) >= 11 is 0. The molecule has 0 bridgehead atoms. The predicted molar refractivity (Wildman–Crippen MR) is 74.7 cm³/mol. The smallest absolute Gasteiger partial charge is 0.222 e. The maximum Gasteiger partial charge on any atom is 0.222 e. The fourth-order valence-electron chi connectivity index (χ4n) is 1.25. The quantitative estimate of drug-likeness (QED) is 0.625. The van der Waals surface area contributed by atoms with E-state index in [1.54, 1.807) is 4.90 Å². The van der Waals surface area contributed by atoms with Crippen molar-refractivity contribution in [3.63, 3.8) is 0 Å². The first-order valence-corrected chi connectivity index (χ1v) is 6.73. The molecule has 0 atom stereocenters. The third-order valence-corrected chi connectivity index (χ3v) is 2.21. The summed E-state index contributed by atoms with van der Waals surface area (Å²) in [6.45, 7) is 8.88. The summed E-state index contributed by atoms with van der Waals surface area (Å²) in [5, 5.41) is 8.55. The van der Waals surface area contributed by atoms with E-state index in [2.05, 4.69) is 0 Å². The molecule has 1 amide bonds. The van der Waals surface area contributed by atoms with Crippen molar-refractivity contribution in [2.24, 2.45) is 0 Å². The first kappa shape index (κ1) is 19.7. The van der Waals surface area contributed by atoms with Gasteiger partial charge in [0, 0.05) is 26.1 Å². The van der Waals surface area contributed by atoms with E-state index in [-0.39, 0.29) is 12.5 Å². The van der Waals surface area contributed by atoms with Crippen molar-refractivity contribution >= 4 is 5.91 Å². The lowest BCUT2D eigenvalue weighted by Gasteiger charge is -2.23. The molecule has 0 spiro atoms. The summed E-state index contributed by atoms with van der Waals surface area (Å²) in [6.07, 6.45) is 0.521. The van der Waals surface area contributed by atoms with Gasteiger partial charge in [0.1, 0.15) is 0 Å². The monoisotopic (exact) mass is 262 g/mol. The molecule has 0 aromatic heterocycles. The van der Waals surface area contributed by atoms with Gasteiger partial charge in [0.05, 0.1) is 19.8 Å². The second-order valence-corrected chi connectivity index (χ2v) is 3.87. The first-order valence-electron chi connectivity index (χ1n) is 6.73. The predicted octanol–water partition coefficient (Wildman–Crippen LogP) is 0.822. The zero-order valence-corrected chi connectivity index (χ0v) is 12.6. The Morgan fingerprint density at radius 2 is 1.72 bits per heavy atom. The zero-order chi connectivity index (χ0) is 14.4. The summed E-state index contributed by atoms with van der Waals surface area (Å²) in [4.78, 5) is 15.4. The maximum absolute atomic E-state index is 11.6. The van der Waals surface area contributed by atoms with E-state index < -0.39 is 0 Å². The van der Waals surface area contributed by atoms with Gasteiger partial charge in [0.25, 0.3) is 0 Å². The second-order valence-electron chi connectivity index (χ2n) is 3.87. The van der Waals surface area contributed by atoms with Crippen molar-refractivity contribution in [1.82, 2.24) is 9.80 Å². The highest BCUT2D eigenvalue weighted by Gasteiger charge is 2.10. The van der Waals surface area contributed by atoms with E-state index >= 15 is 0 Å². The molecule has 0 aromatic rings. The van der Waals surface area contributed by atoms with Crippen LogP contribution in [-0.2, 0) is 9.53 Å². The third kappa shape index (κ3) is 11.8. The zero-order valence-electron chi connectivity index (χ0n) is 12.6. The molecule has 0 rings (SSSR count). The summed E-state index contributed by atoms with van der Waals surface area (Å²) in [5.74, 6) is 0.148. The van der Waals surface area contributed by atoms with Crippen LogP contribution >= 0.6 is 0 Å². The number of ether oxygens (including phenoxy) is 1. The Kier molecular flexibility index (Phi) is 15.8. The van der Waals surface area contributed by atoms with E-state index in [1.807, 2.05) is 39.8 Å². The van der Waals surface area contributed by atoms with E-state index in [0.29, 0.717) is 26.2 Å². The number of aliphatic hydroxyl groups is 1. The Hall–Kier alpha value is -0.650. The first-order chi connectivity index (χ1) is 8.61. The molecule has 0 aliphatic heterocycles. The lowest BCUT2D eigenvalue weighted by molar-refractivity contribution is -0.131. The molecule has 0 fully saturated rings. The molecular formula is C13H30N2O3. The van der Waals surface area contributed by atoms with Crippen molar-refractivity contribution in [2.45, 2.75) is 27.2 Å². The number of rotatable bonds is 9. The molecule has 110 valence electrons. The topological polar surface area (TPSA) is 53.0 Å². The van der Waals surface area contributed by atoms with Crippen molar-refractivity contribution < 1.29 is 14.6 Å². The van der Waals surface area contributed by atoms with Crippen molar-refractivity contribution in [2.75, 3.05) is 53.6 Å². The lowest BCUT2D eigenvalue weighted by Crippen LogP contribution is -2.38. The van der Waals surface area contributed by atoms with Crippen LogP contribution in [0.1, 0.15) is 27.2 Å². The molecule has 0 saturated heterocycles. The van der Waals surface area contributed by atoms with Gasteiger partial charge in [-0.25, -0.2) is 0 Å². The van der Waals surface area contributed by atoms with Gasteiger partial charge in [-0.15, -0.1) is 0 Å². The van der Waals surface area contributed by atoms with Gasteiger partial charge in [-0.05, 0) is 14.1 Å². The Balaban J connectivity index is 0. The summed E-state index contributed by atoms with van der Waals surface area (Å²) in [5.41, 5.74) is 0. The molecule has 0 unspecified atom stereocenters. The molecular weight excluding hydrogens is 232 g/mol. The van der Waals surface area contributed by atoms with Gasteiger partial charge in [-0.2, -0.15) is 0 Å². The highest BCUT2D eigenvalue weighted by molar-refractivity contribution is 5.75. The summed E-state index contributed by atoms with van der Waals surface area (Å²) in [7, 11) is 3.97. The molecule has 0 aliphatic rings. The van der Waals surface area contributed by atoms with Crippen LogP contribution < -0.4 is 0 Å². The van der Waals surface area contributed by atoms with Crippen LogP contribution in [-0.4, -0.2) is 74.4 Å². The standard InChI is InChI=1S/C11H24N2O3.C2H6/c1-4-11(15)13(6-5-12(2)3)7-9-16-10-8-14;1-2/h14H,4-10H2,1-3H3;1-2H3. The average Bonchev–Trinajstić information content (AvgIpc) is 2.39. The molecule has 0 radical (unpaired) electrons. The third-order valence-electron chi connectivity index (χ3n) is 2.21. The largest absolute Gasteiger partial charge is 0.394 e. The summed E-state index contributed by atoms with van der Waals surface area (Å²) in [6, 6.07) is 0. The number of aliphatic hydroxyl groups excluding tert-OH is 1. The lowest BCUT2D eigenvalue weighted by atomic mass is 10.3. The Morgan fingerprint density at radius 1 is 1.11 bits per heavy atom. The van der Waals surface area contributed by atoms with Gasteiger partial charge in [0.15, 0.2) is 0 Å². The van der Waals surface area contributed by atoms with Gasteiger partial charge >= 0.3 is 0 Å². The number of hydrogen-bond donors (Lipinski definition) is 1. The van der Waals surface area contributed by atoms with Gasteiger partial charge in [-0.3, -0.25) is 4.79 Å². The fourth-order valence-corrected chi connectivity index (χ4v) is 1.25. The van der Waals surface area contributed by atoms with Crippen LogP contribution in [0.4, 0.5) is 0 Å². The number of carbonyl (C=O) groups excluding carboxylic acids is 1. The van der Waals surface area contributed by atoms with Crippen molar-refractivity contribution in [1.29, 1.82) is 0 Å². The Bertz CT molecular complexity index is 187. The van der Waals surface area contributed by atoms with Crippen LogP contribution in [0.15, 0.2) is 0 Å². The summed E-state index contributed by atoms with van der Waals surface area (Å²) < 4.78 is 5.16. The Morgan fingerprint density at radius 3 is 2.17 bits per heavy atom. The minimum Gasteiger partial charge on any atom is -0.394 e. The van der Waals surface area contributed by atoms with E-state index in [9.17, 15) is 4.79 Å². The number of carbonyl (C=O) groups is 1. The number of likely N-dealkylation sites (N-methyl/N-ethyl adjacent to an activating group) is 1.